The molecule has 0 fully saturated rings. The number of nitrogens with zero attached hydrogens (tertiary/aromatic N) is 4. The van der Waals surface area contributed by atoms with Gasteiger partial charge in [-0.15, -0.1) is 0 Å². The van der Waals surface area contributed by atoms with Crippen LogP contribution in [-0.2, 0) is 16.6 Å². The first-order chi connectivity index (χ1) is 15.7. The van der Waals surface area contributed by atoms with E-state index < -0.39 is 27.6 Å². The van der Waals surface area contributed by atoms with Crippen molar-refractivity contribution in [1.82, 2.24) is 14.3 Å². The summed E-state index contributed by atoms with van der Waals surface area (Å²) in [6, 6.07) is 12.6. The standard InChI is InChI=1S/C22H18F2N4O3S2/c1-27(2)33(30,31)17-8-6-14(7-9-17)21(29)28(13-16-5-3-4-10-25-16)22-26-20-18(24)11-15(23)12-19(20)32-22/h3-12H,13H2,1-2H3. The minimum absolute atomic E-state index is 0.0291. The number of carbonyl (C=O) groups excluding carboxylic acids is 1. The van der Waals surface area contributed by atoms with Gasteiger partial charge in [-0.2, -0.15) is 0 Å². The summed E-state index contributed by atoms with van der Waals surface area (Å²) in [5.41, 5.74) is 0.723. The van der Waals surface area contributed by atoms with Crippen molar-refractivity contribution >= 4 is 42.6 Å². The first kappa shape index (κ1) is 22.9. The van der Waals surface area contributed by atoms with Crippen molar-refractivity contribution in [3.8, 4) is 0 Å². The summed E-state index contributed by atoms with van der Waals surface area (Å²) in [7, 11) is -0.826. The predicted octanol–water partition coefficient (Wildman–Crippen LogP) is 4.07. The van der Waals surface area contributed by atoms with Gasteiger partial charge in [0, 0.05) is 31.9 Å². The van der Waals surface area contributed by atoms with Gasteiger partial charge in [-0.3, -0.25) is 14.7 Å². The van der Waals surface area contributed by atoms with Crippen LogP contribution >= 0.6 is 11.3 Å². The Balaban J connectivity index is 1.75. The number of amides is 1. The number of anilines is 1. The van der Waals surface area contributed by atoms with Gasteiger partial charge in [0.2, 0.25) is 10.0 Å². The molecule has 0 spiro atoms. The van der Waals surface area contributed by atoms with E-state index >= 15 is 0 Å². The summed E-state index contributed by atoms with van der Waals surface area (Å²) in [5, 5.41) is 0.162. The number of carbonyl (C=O) groups is 1. The lowest BCUT2D eigenvalue weighted by Gasteiger charge is -2.20. The highest BCUT2D eigenvalue weighted by molar-refractivity contribution is 7.89. The maximum atomic E-state index is 14.2. The molecule has 0 aliphatic rings. The Morgan fingerprint density at radius 3 is 2.42 bits per heavy atom. The average Bonchev–Trinajstić information content (AvgIpc) is 3.22. The molecule has 170 valence electrons. The van der Waals surface area contributed by atoms with E-state index in [9.17, 15) is 22.0 Å². The third-order valence-electron chi connectivity index (χ3n) is 4.80. The van der Waals surface area contributed by atoms with E-state index in [-0.39, 0.29) is 32.4 Å². The molecule has 0 saturated carbocycles. The van der Waals surface area contributed by atoms with Crippen molar-refractivity contribution in [2.45, 2.75) is 11.4 Å². The quantitative estimate of drug-likeness (QED) is 0.409. The minimum Gasteiger partial charge on any atom is -0.278 e. The second kappa shape index (κ2) is 8.93. The van der Waals surface area contributed by atoms with E-state index in [0.717, 1.165) is 27.8 Å². The van der Waals surface area contributed by atoms with Crippen LogP contribution in [0.4, 0.5) is 13.9 Å². The summed E-state index contributed by atoms with van der Waals surface area (Å²) in [5.74, 6) is -2.05. The molecule has 2 aromatic heterocycles. The van der Waals surface area contributed by atoms with Crippen LogP contribution in [0.25, 0.3) is 10.2 Å². The third kappa shape index (κ3) is 4.61. The van der Waals surface area contributed by atoms with Crippen molar-refractivity contribution in [3.63, 3.8) is 0 Å². The number of rotatable bonds is 6. The number of thiazole rings is 1. The third-order valence-corrected chi connectivity index (χ3v) is 7.66. The highest BCUT2D eigenvalue weighted by Crippen LogP contribution is 2.32. The van der Waals surface area contributed by atoms with Gasteiger partial charge in [-0.25, -0.2) is 26.5 Å². The molecule has 0 unspecified atom stereocenters. The molecular formula is C22H18F2N4O3S2. The van der Waals surface area contributed by atoms with Crippen LogP contribution in [0.3, 0.4) is 0 Å². The molecule has 7 nitrogen and oxygen atoms in total. The maximum absolute atomic E-state index is 14.2. The molecule has 0 atom stereocenters. The fourth-order valence-electron chi connectivity index (χ4n) is 3.08. The number of halogens is 2. The van der Waals surface area contributed by atoms with Crippen LogP contribution < -0.4 is 4.90 Å². The molecule has 33 heavy (non-hydrogen) atoms. The van der Waals surface area contributed by atoms with Crippen LogP contribution in [0.5, 0.6) is 0 Å². The highest BCUT2D eigenvalue weighted by atomic mass is 32.2. The summed E-state index contributed by atoms with van der Waals surface area (Å²) in [6.07, 6.45) is 1.58. The van der Waals surface area contributed by atoms with Gasteiger partial charge in [0.05, 0.1) is 21.8 Å². The molecule has 1 amide bonds. The monoisotopic (exact) mass is 488 g/mol. The molecule has 11 heteroatoms. The largest absolute Gasteiger partial charge is 0.278 e. The molecule has 0 N–H and O–H groups in total. The van der Waals surface area contributed by atoms with Crippen LogP contribution in [-0.4, -0.2) is 42.7 Å². The SMILES string of the molecule is CN(C)S(=O)(=O)c1ccc(C(=O)N(Cc2ccccn2)c2nc3c(F)cc(F)cc3s2)cc1. The van der Waals surface area contributed by atoms with Crippen LogP contribution in [0.15, 0.2) is 65.7 Å². The number of benzene rings is 2. The number of sulfonamides is 1. The van der Waals surface area contributed by atoms with Crippen LogP contribution in [0.2, 0.25) is 0 Å². The normalized spacial score (nSPS) is 11.8. The summed E-state index contributed by atoms with van der Waals surface area (Å²) < 4.78 is 53.9. The Morgan fingerprint density at radius 2 is 1.79 bits per heavy atom. The second-order valence-electron chi connectivity index (χ2n) is 7.25. The van der Waals surface area contributed by atoms with Crippen LogP contribution in [0.1, 0.15) is 16.1 Å². The van der Waals surface area contributed by atoms with Crippen molar-refractivity contribution in [1.29, 1.82) is 0 Å². The first-order valence-electron chi connectivity index (χ1n) is 9.67. The predicted molar refractivity (Wildman–Crippen MR) is 122 cm³/mol. The van der Waals surface area contributed by atoms with E-state index in [4.69, 9.17) is 0 Å². The smallest absolute Gasteiger partial charge is 0.260 e. The minimum atomic E-state index is -3.66. The van der Waals surface area contributed by atoms with Crippen molar-refractivity contribution in [3.05, 3.63) is 83.7 Å². The van der Waals surface area contributed by atoms with Gasteiger partial charge >= 0.3 is 0 Å². The lowest BCUT2D eigenvalue weighted by Crippen LogP contribution is -2.30. The van der Waals surface area contributed by atoms with Crippen molar-refractivity contribution in [2.24, 2.45) is 0 Å². The Hall–Kier alpha value is -3.28. The molecular weight excluding hydrogens is 470 g/mol. The van der Waals surface area contributed by atoms with Gasteiger partial charge in [0.1, 0.15) is 11.3 Å². The van der Waals surface area contributed by atoms with Gasteiger partial charge < -0.3 is 0 Å². The topological polar surface area (TPSA) is 83.5 Å². The molecule has 0 aliphatic carbocycles. The molecule has 0 aliphatic heterocycles. The first-order valence-corrected chi connectivity index (χ1v) is 11.9. The molecule has 0 bridgehead atoms. The lowest BCUT2D eigenvalue weighted by molar-refractivity contribution is 0.0984. The lowest BCUT2D eigenvalue weighted by atomic mass is 10.2. The summed E-state index contributed by atoms with van der Waals surface area (Å²) >= 11 is 0.971. The van der Waals surface area contributed by atoms with Crippen molar-refractivity contribution in [2.75, 3.05) is 19.0 Å². The molecule has 0 saturated heterocycles. The number of aromatic nitrogens is 2. The van der Waals surface area contributed by atoms with Gasteiger partial charge in [-0.05, 0) is 42.5 Å². The fourth-order valence-corrected chi connectivity index (χ4v) is 4.98. The highest BCUT2D eigenvalue weighted by Gasteiger charge is 2.24. The summed E-state index contributed by atoms with van der Waals surface area (Å²) in [6.45, 7) is 0.0291. The number of hydrogen-bond donors (Lipinski definition) is 0. The van der Waals surface area contributed by atoms with E-state index in [1.165, 1.54) is 43.3 Å². The Bertz CT molecular complexity index is 1420. The Morgan fingerprint density at radius 1 is 1.06 bits per heavy atom. The molecule has 0 radical (unpaired) electrons. The molecule has 2 aromatic carbocycles. The maximum Gasteiger partial charge on any atom is 0.260 e. The van der Waals surface area contributed by atoms with Gasteiger partial charge in [0.15, 0.2) is 10.9 Å². The zero-order valence-electron chi connectivity index (χ0n) is 17.6. The van der Waals surface area contributed by atoms with E-state index in [0.29, 0.717) is 5.69 Å². The number of fused-ring (bicyclic) bond motifs is 1. The Labute approximate surface area is 193 Å². The van der Waals surface area contributed by atoms with Crippen molar-refractivity contribution < 1.29 is 22.0 Å². The van der Waals surface area contributed by atoms with Gasteiger partial charge in [-0.1, -0.05) is 17.4 Å². The Kier molecular flexibility index (Phi) is 6.19. The molecule has 2 heterocycles. The van der Waals surface area contributed by atoms with Gasteiger partial charge in [0.25, 0.3) is 5.91 Å². The number of hydrogen-bond acceptors (Lipinski definition) is 6. The average molecular weight is 489 g/mol. The number of pyridine rings is 1. The van der Waals surface area contributed by atoms with E-state index in [2.05, 4.69) is 9.97 Å². The molecule has 4 aromatic rings. The zero-order chi connectivity index (χ0) is 23.8. The summed E-state index contributed by atoms with van der Waals surface area (Å²) in [4.78, 5) is 23.2. The van der Waals surface area contributed by atoms with Crippen LogP contribution in [0, 0.1) is 11.6 Å². The van der Waals surface area contributed by atoms with E-state index in [1.54, 1.807) is 24.4 Å². The molecule has 4 rings (SSSR count). The van der Waals surface area contributed by atoms with E-state index in [1.807, 2.05) is 0 Å². The fraction of sp³-hybridized carbons (Fsp3) is 0.136. The zero-order valence-corrected chi connectivity index (χ0v) is 19.2. The second-order valence-corrected chi connectivity index (χ2v) is 10.4.